The van der Waals surface area contributed by atoms with Crippen molar-refractivity contribution in [2.24, 2.45) is 0 Å². The summed E-state index contributed by atoms with van der Waals surface area (Å²) in [5.74, 6) is 0. The largest absolute Gasteiger partial charge is 0.593 e. The first-order chi connectivity index (χ1) is 5.63. The third kappa shape index (κ3) is 4.14. The monoisotopic (exact) mass is 189 g/mol. The van der Waals surface area contributed by atoms with E-state index in [1.807, 2.05) is 11.4 Å². The Bertz CT molecular complexity index is 138. The summed E-state index contributed by atoms with van der Waals surface area (Å²) in [6.07, 6.45) is 2.91. The maximum absolute atomic E-state index is 11.6. The van der Waals surface area contributed by atoms with Gasteiger partial charge in [0.05, 0.1) is 11.4 Å². The van der Waals surface area contributed by atoms with E-state index in [-0.39, 0.29) is 0 Å². The highest BCUT2D eigenvalue weighted by Crippen LogP contribution is 2.14. The highest BCUT2D eigenvalue weighted by atomic mass is 32.2. The predicted octanol–water partition coefficient (Wildman–Crippen LogP) is 2.31. The van der Waals surface area contributed by atoms with Crippen LogP contribution in [-0.4, -0.2) is 22.5 Å². The van der Waals surface area contributed by atoms with Crippen molar-refractivity contribution in [3.05, 3.63) is 11.5 Å². The molecular formula is C9H19NOS. The van der Waals surface area contributed by atoms with Gasteiger partial charge in [0.1, 0.15) is 4.91 Å². The summed E-state index contributed by atoms with van der Waals surface area (Å²) in [4.78, 5) is 0.841. The first-order valence-corrected chi connectivity index (χ1v) is 5.54. The van der Waals surface area contributed by atoms with Crippen molar-refractivity contribution in [3.8, 4) is 0 Å². The van der Waals surface area contributed by atoms with E-state index in [4.69, 9.17) is 0 Å². The summed E-state index contributed by atoms with van der Waals surface area (Å²) in [7, 11) is 1.88. The van der Waals surface area contributed by atoms with Crippen LogP contribution in [0.1, 0.15) is 33.1 Å². The van der Waals surface area contributed by atoms with Gasteiger partial charge in [0, 0.05) is 20.0 Å². The van der Waals surface area contributed by atoms with Crippen molar-refractivity contribution in [1.29, 1.82) is 0 Å². The van der Waals surface area contributed by atoms with E-state index < -0.39 is 11.4 Å². The molecule has 12 heavy (non-hydrogen) atoms. The molecule has 0 amide bonds. The SMILES string of the molecule is C=C(CCC)[S@+]([O-])N(C)CCC. The standard InChI is InChI=1S/C9H19NOS/c1-5-7-9(3)12(11)10(4)8-6-2/h3,5-8H2,1-2,4H3/t12-/m0/s1. The molecule has 0 radical (unpaired) electrons. The van der Waals surface area contributed by atoms with Crippen molar-refractivity contribution in [2.45, 2.75) is 33.1 Å². The number of nitrogens with zero attached hydrogens (tertiary/aromatic N) is 1. The number of rotatable bonds is 6. The molecule has 0 unspecified atom stereocenters. The molecule has 0 aliphatic rings. The fraction of sp³-hybridized carbons (Fsp3) is 0.778. The summed E-state index contributed by atoms with van der Waals surface area (Å²) in [5.41, 5.74) is 0. The van der Waals surface area contributed by atoms with E-state index in [2.05, 4.69) is 20.4 Å². The Morgan fingerprint density at radius 3 is 2.42 bits per heavy atom. The second-order valence-electron chi connectivity index (χ2n) is 2.89. The first kappa shape index (κ1) is 12.0. The van der Waals surface area contributed by atoms with Crippen LogP contribution in [0.3, 0.4) is 0 Å². The lowest BCUT2D eigenvalue weighted by Crippen LogP contribution is -2.28. The molecule has 1 atom stereocenters. The van der Waals surface area contributed by atoms with Crippen LogP contribution in [0.25, 0.3) is 0 Å². The molecule has 0 bridgehead atoms. The van der Waals surface area contributed by atoms with Gasteiger partial charge in [-0.3, -0.25) is 0 Å². The third-order valence-electron chi connectivity index (χ3n) is 1.60. The molecule has 0 aliphatic carbocycles. The molecule has 72 valence electrons. The molecule has 0 aromatic heterocycles. The second kappa shape index (κ2) is 6.52. The molecule has 0 spiro atoms. The minimum absolute atomic E-state index is 0.841. The zero-order chi connectivity index (χ0) is 9.56. The highest BCUT2D eigenvalue weighted by Gasteiger charge is 2.17. The normalized spacial score (nSPS) is 13.4. The van der Waals surface area contributed by atoms with Crippen LogP contribution in [0.5, 0.6) is 0 Å². The smallest absolute Gasteiger partial charge is 0.144 e. The van der Waals surface area contributed by atoms with Gasteiger partial charge >= 0.3 is 0 Å². The summed E-state index contributed by atoms with van der Waals surface area (Å²) in [5, 5.41) is 0. The first-order valence-electron chi connectivity index (χ1n) is 4.44. The molecule has 0 heterocycles. The fourth-order valence-corrected chi connectivity index (χ4v) is 2.15. The predicted molar refractivity (Wildman–Crippen MR) is 55.1 cm³/mol. The molecule has 0 saturated heterocycles. The molecule has 0 aliphatic heterocycles. The molecule has 2 nitrogen and oxygen atoms in total. The molecule has 0 aromatic carbocycles. The van der Waals surface area contributed by atoms with Gasteiger partial charge in [-0.1, -0.05) is 13.8 Å². The van der Waals surface area contributed by atoms with Gasteiger partial charge < -0.3 is 4.55 Å². The minimum Gasteiger partial charge on any atom is -0.593 e. The molecule has 3 heteroatoms. The van der Waals surface area contributed by atoms with Crippen molar-refractivity contribution in [1.82, 2.24) is 4.31 Å². The fourth-order valence-electron chi connectivity index (χ4n) is 0.984. The van der Waals surface area contributed by atoms with E-state index in [0.717, 1.165) is 30.7 Å². The summed E-state index contributed by atoms with van der Waals surface area (Å²) in [6, 6.07) is 0. The van der Waals surface area contributed by atoms with Crippen molar-refractivity contribution < 1.29 is 4.55 Å². The van der Waals surface area contributed by atoms with E-state index in [0.29, 0.717) is 0 Å². The minimum atomic E-state index is -0.970. The molecule has 0 N–H and O–H groups in total. The Labute approximate surface area is 79.0 Å². The Morgan fingerprint density at radius 2 is 2.00 bits per heavy atom. The summed E-state index contributed by atoms with van der Waals surface area (Å²) in [6.45, 7) is 8.83. The number of hydrogen-bond acceptors (Lipinski definition) is 2. The third-order valence-corrected chi connectivity index (χ3v) is 3.04. The maximum atomic E-state index is 11.6. The van der Waals surface area contributed by atoms with Crippen molar-refractivity contribution in [3.63, 3.8) is 0 Å². The number of hydrogen-bond donors (Lipinski definition) is 0. The Balaban J connectivity index is 3.82. The second-order valence-corrected chi connectivity index (χ2v) is 4.59. The van der Waals surface area contributed by atoms with Gasteiger partial charge in [-0.15, -0.1) is 4.31 Å². The van der Waals surface area contributed by atoms with Crippen molar-refractivity contribution >= 4 is 11.4 Å². The van der Waals surface area contributed by atoms with Crippen LogP contribution < -0.4 is 0 Å². The Kier molecular flexibility index (Phi) is 6.52. The Morgan fingerprint density at radius 1 is 1.42 bits per heavy atom. The zero-order valence-corrected chi connectivity index (χ0v) is 9.12. The Hall–Kier alpha value is 0.01000. The lowest BCUT2D eigenvalue weighted by molar-refractivity contribution is 0.472. The van der Waals surface area contributed by atoms with Crippen LogP contribution >= 0.6 is 0 Å². The van der Waals surface area contributed by atoms with Gasteiger partial charge in [-0.25, -0.2) is 0 Å². The highest BCUT2D eigenvalue weighted by molar-refractivity contribution is 7.92. The maximum Gasteiger partial charge on any atom is 0.144 e. The topological polar surface area (TPSA) is 26.3 Å². The summed E-state index contributed by atoms with van der Waals surface area (Å²) < 4.78 is 13.4. The van der Waals surface area contributed by atoms with Crippen LogP contribution in [0.4, 0.5) is 0 Å². The summed E-state index contributed by atoms with van der Waals surface area (Å²) >= 11 is -0.970. The van der Waals surface area contributed by atoms with Crippen LogP contribution in [0, 0.1) is 0 Å². The molecule has 0 fully saturated rings. The zero-order valence-electron chi connectivity index (χ0n) is 8.30. The van der Waals surface area contributed by atoms with Crippen LogP contribution in [0.2, 0.25) is 0 Å². The van der Waals surface area contributed by atoms with Crippen LogP contribution in [0.15, 0.2) is 11.5 Å². The molecule has 0 saturated carbocycles. The van der Waals surface area contributed by atoms with Gasteiger partial charge in [-0.2, -0.15) is 0 Å². The van der Waals surface area contributed by atoms with E-state index in [1.165, 1.54) is 0 Å². The van der Waals surface area contributed by atoms with Gasteiger partial charge in [-0.05, 0) is 19.4 Å². The lowest BCUT2D eigenvalue weighted by Gasteiger charge is -2.20. The van der Waals surface area contributed by atoms with E-state index in [9.17, 15) is 4.55 Å². The average molecular weight is 189 g/mol. The molecular weight excluding hydrogens is 170 g/mol. The van der Waals surface area contributed by atoms with Crippen molar-refractivity contribution in [2.75, 3.05) is 13.6 Å². The number of allylic oxidation sites excluding steroid dienone is 1. The van der Waals surface area contributed by atoms with Gasteiger partial charge in [0.15, 0.2) is 0 Å². The average Bonchev–Trinajstić information content (AvgIpc) is 2.04. The van der Waals surface area contributed by atoms with E-state index >= 15 is 0 Å². The van der Waals surface area contributed by atoms with E-state index in [1.54, 1.807) is 0 Å². The lowest BCUT2D eigenvalue weighted by atomic mass is 10.3. The molecule has 0 rings (SSSR count). The van der Waals surface area contributed by atoms with Gasteiger partial charge in [0.2, 0.25) is 0 Å². The van der Waals surface area contributed by atoms with Crippen LogP contribution in [-0.2, 0) is 11.4 Å². The van der Waals surface area contributed by atoms with Gasteiger partial charge in [0.25, 0.3) is 0 Å². The quantitative estimate of drug-likeness (QED) is 0.599. The molecule has 0 aromatic rings.